The predicted molar refractivity (Wildman–Crippen MR) is 60.7 cm³/mol. The van der Waals surface area contributed by atoms with Crippen molar-refractivity contribution in [2.24, 2.45) is 4.99 Å². The molecule has 0 atom stereocenters. The first-order chi connectivity index (χ1) is 7.31. The topological polar surface area (TPSA) is 38.7 Å². The van der Waals surface area contributed by atoms with Crippen molar-refractivity contribution in [2.45, 2.75) is 0 Å². The zero-order valence-electron chi connectivity index (χ0n) is 8.14. The summed E-state index contributed by atoms with van der Waals surface area (Å²) < 4.78 is 5.04. The van der Waals surface area contributed by atoms with Crippen LogP contribution in [0.15, 0.2) is 46.4 Å². The lowest BCUT2D eigenvalue weighted by molar-refractivity contribution is -0.130. The summed E-state index contributed by atoms with van der Waals surface area (Å²) in [6.07, 6.45) is 1.87. The van der Waals surface area contributed by atoms with Gasteiger partial charge in [0.1, 0.15) is 0 Å². The van der Waals surface area contributed by atoms with Crippen LogP contribution in [0.1, 0.15) is 5.56 Å². The van der Waals surface area contributed by atoms with Crippen molar-refractivity contribution in [3.05, 3.63) is 47.0 Å². The van der Waals surface area contributed by atoms with Gasteiger partial charge in [0.15, 0.2) is 5.70 Å². The molecule has 1 heterocycles. The van der Waals surface area contributed by atoms with E-state index in [0.29, 0.717) is 11.6 Å². The molecule has 0 spiro atoms. The number of hydrogen-bond acceptors (Lipinski definition) is 4. The van der Waals surface area contributed by atoms with Crippen molar-refractivity contribution < 1.29 is 9.53 Å². The van der Waals surface area contributed by atoms with E-state index in [9.17, 15) is 4.79 Å². The average molecular weight is 219 g/mol. The summed E-state index contributed by atoms with van der Waals surface area (Å²) in [7, 11) is 0. The highest BCUT2D eigenvalue weighted by Crippen LogP contribution is 2.17. The highest BCUT2D eigenvalue weighted by molar-refractivity contribution is 8.01. The Hall–Kier alpha value is -1.55. The Balaban J connectivity index is 2.31. The molecule has 76 valence electrons. The summed E-state index contributed by atoms with van der Waals surface area (Å²) in [6, 6.07) is 9.37. The summed E-state index contributed by atoms with van der Waals surface area (Å²) in [5.41, 5.74) is 1.18. The van der Waals surface area contributed by atoms with Crippen molar-refractivity contribution in [1.29, 1.82) is 0 Å². The van der Waals surface area contributed by atoms with E-state index in [1.165, 1.54) is 11.8 Å². The van der Waals surface area contributed by atoms with Crippen molar-refractivity contribution in [3.63, 3.8) is 0 Å². The molecule has 0 bridgehead atoms. The first-order valence-electron chi connectivity index (χ1n) is 4.40. The quantitative estimate of drug-likeness (QED) is 0.565. The smallest absolute Gasteiger partial charge is 0.364 e. The third-order valence-electron chi connectivity index (χ3n) is 1.87. The van der Waals surface area contributed by atoms with Crippen LogP contribution in [0.3, 0.4) is 0 Å². The fourth-order valence-electron chi connectivity index (χ4n) is 1.21. The molecule has 15 heavy (non-hydrogen) atoms. The molecule has 0 amide bonds. The molecule has 0 aliphatic carbocycles. The second-order valence-corrected chi connectivity index (χ2v) is 3.62. The largest absolute Gasteiger partial charge is 0.402 e. The van der Waals surface area contributed by atoms with Gasteiger partial charge in [0.2, 0.25) is 5.90 Å². The Morgan fingerprint density at radius 1 is 1.33 bits per heavy atom. The van der Waals surface area contributed by atoms with Gasteiger partial charge in [-0.05, 0) is 18.4 Å². The normalized spacial score (nSPS) is 17.8. The minimum atomic E-state index is -0.386. The standard InChI is InChI=1S/C11H9NO2S/c1-15-7-9-11(13)14-10(12-9)8-5-3-2-4-6-8/h2-7H,1H3/b9-7-. The number of nitrogens with zero attached hydrogens (tertiary/aromatic N) is 1. The molecule has 0 aromatic heterocycles. The van der Waals surface area contributed by atoms with Gasteiger partial charge in [0, 0.05) is 11.0 Å². The number of aliphatic imine (C=N–C) groups is 1. The molecular weight excluding hydrogens is 210 g/mol. The van der Waals surface area contributed by atoms with Crippen molar-refractivity contribution in [1.82, 2.24) is 0 Å². The molecule has 3 nitrogen and oxygen atoms in total. The molecule has 0 saturated carbocycles. The lowest BCUT2D eigenvalue weighted by Crippen LogP contribution is -2.04. The second kappa shape index (κ2) is 4.31. The molecular formula is C11H9NO2S. The number of ether oxygens (including phenoxy) is 1. The Kier molecular flexibility index (Phi) is 2.87. The molecule has 1 aromatic carbocycles. The van der Waals surface area contributed by atoms with Gasteiger partial charge in [-0.1, -0.05) is 18.2 Å². The molecule has 1 aliphatic heterocycles. The lowest BCUT2D eigenvalue weighted by Gasteiger charge is -1.97. The maximum absolute atomic E-state index is 11.3. The fourth-order valence-corrected chi connectivity index (χ4v) is 1.58. The molecule has 0 unspecified atom stereocenters. The molecule has 0 saturated heterocycles. The van der Waals surface area contributed by atoms with Gasteiger partial charge in [-0.3, -0.25) is 0 Å². The van der Waals surface area contributed by atoms with Crippen LogP contribution in [0.2, 0.25) is 0 Å². The molecule has 0 radical (unpaired) electrons. The monoisotopic (exact) mass is 219 g/mol. The Bertz CT molecular complexity index is 437. The van der Waals surface area contributed by atoms with Gasteiger partial charge in [-0.15, -0.1) is 11.8 Å². The Morgan fingerprint density at radius 2 is 2.07 bits per heavy atom. The molecule has 2 rings (SSSR count). The fraction of sp³-hybridized carbons (Fsp3) is 0.0909. The highest BCUT2D eigenvalue weighted by atomic mass is 32.2. The Labute approximate surface area is 91.9 Å². The number of carbonyl (C=O) groups is 1. The van der Waals surface area contributed by atoms with Crippen LogP contribution in [-0.2, 0) is 9.53 Å². The number of carbonyl (C=O) groups excluding carboxylic acids is 1. The zero-order valence-corrected chi connectivity index (χ0v) is 8.95. The van der Waals surface area contributed by atoms with Crippen LogP contribution in [0.4, 0.5) is 0 Å². The van der Waals surface area contributed by atoms with Crippen molar-refractivity contribution in [2.75, 3.05) is 6.26 Å². The number of rotatable bonds is 2. The van der Waals surface area contributed by atoms with Gasteiger partial charge >= 0.3 is 5.97 Å². The van der Waals surface area contributed by atoms with E-state index in [4.69, 9.17) is 4.74 Å². The molecule has 0 fully saturated rings. The van der Waals surface area contributed by atoms with E-state index >= 15 is 0 Å². The van der Waals surface area contributed by atoms with Gasteiger partial charge in [-0.2, -0.15) is 0 Å². The summed E-state index contributed by atoms with van der Waals surface area (Å²) in [5, 5.41) is 1.68. The number of benzene rings is 1. The SMILES string of the molecule is CS/C=C1\N=C(c2ccccc2)OC1=O. The number of hydrogen-bond donors (Lipinski definition) is 0. The average Bonchev–Trinajstić information content (AvgIpc) is 2.63. The number of esters is 1. The number of cyclic esters (lactones) is 1. The van der Waals surface area contributed by atoms with Crippen molar-refractivity contribution in [3.8, 4) is 0 Å². The van der Waals surface area contributed by atoms with Crippen LogP contribution in [0, 0.1) is 0 Å². The number of thioether (sulfide) groups is 1. The molecule has 1 aliphatic rings. The third kappa shape index (κ3) is 2.10. The predicted octanol–water partition coefficient (Wildman–Crippen LogP) is 2.19. The first-order valence-corrected chi connectivity index (χ1v) is 5.69. The van der Waals surface area contributed by atoms with E-state index in [-0.39, 0.29) is 5.97 Å². The van der Waals surface area contributed by atoms with Crippen LogP contribution in [0.5, 0.6) is 0 Å². The molecule has 4 heteroatoms. The van der Waals surface area contributed by atoms with Gasteiger partial charge < -0.3 is 4.74 Å². The molecule has 1 aromatic rings. The van der Waals surface area contributed by atoms with E-state index in [0.717, 1.165) is 5.56 Å². The third-order valence-corrected chi connectivity index (χ3v) is 2.33. The zero-order chi connectivity index (χ0) is 10.7. The van der Waals surface area contributed by atoms with Crippen LogP contribution >= 0.6 is 11.8 Å². The highest BCUT2D eigenvalue weighted by Gasteiger charge is 2.23. The maximum Gasteiger partial charge on any atom is 0.364 e. The maximum atomic E-state index is 11.3. The van der Waals surface area contributed by atoms with E-state index in [1.54, 1.807) is 5.41 Å². The minimum Gasteiger partial charge on any atom is -0.402 e. The lowest BCUT2D eigenvalue weighted by atomic mass is 10.2. The van der Waals surface area contributed by atoms with E-state index in [1.807, 2.05) is 36.6 Å². The Morgan fingerprint density at radius 3 is 2.73 bits per heavy atom. The summed E-state index contributed by atoms with van der Waals surface area (Å²) in [5.74, 6) is -0.0101. The van der Waals surface area contributed by atoms with Crippen LogP contribution in [0.25, 0.3) is 0 Å². The summed E-state index contributed by atoms with van der Waals surface area (Å²) in [6.45, 7) is 0. The summed E-state index contributed by atoms with van der Waals surface area (Å²) in [4.78, 5) is 15.4. The van der Waals surface area contributed by atoms with Crippen LogP contribution < -0.4 is 0 Å². The van der Waals surface area contributed by atoms with Gasteiger partial charge in [0.05, 0.1) is 0 Å². The molecule has 0 N–H and O–H groups in total. The van der Waals surface area contributed by atoms with E-state index in [2.05, 4.69) is 4.99 Å². The van der Waals surface area contributed by atoms with Gasteiger partial charge in [-0.25, -0.2) is 9.79 Å². The van der Waals surface area contributed by atoms with Gasteiger partial charge in [0.25, 0.3) is 0 Å². The minimum absolute atomic E-state index is 0.362. The second-order valence-electron chi connectivity index (χ2n) is 2.91. The summed E-state index contributed by atoms with van der Waals surface area (Å²) >= 11 is 1.43. The first kappa shape index (κ1) is 9.98. The van der Waals surface area contributed by atoms with E-state index < -0.39 is 0 Å². The van der Waals surface area contributed by atoms with Crippen LogP contribution in [-0.4, -0.2) is 18.1 Å². The van der Waals surface area contributed by atoms with Crippen molar-refractivity contribution >= 4 is 23.6 Å².